The summed E-state index contributed by atoms with van der Waals surface area (Å²) in [6.07, 6.45) is 0. The van der Waals surface area contributed by atoms with Crippen molar-refractivity contribution < 1.29 is 0 Å². The molecule has 2 nitrogen and oxygen atoms in total. The lowest BCUT2D eigenvalue weighted by molar-refractivity contribution is 0.734. The molecule has 0 amide bonds. The van der Waals surface area contributed by atoms with Crippen LogP contribution in [-0.4, -0.2) is 4.57 Å². The van der Waals surface area contributed by atoms with Gasteiger partial charge in [0.05, 0.1) is 5.69 Å². The number of thiazole rings is 1. The second-order valence-corrected chi connectivity index (χ2v) is 5.13. The van der Waals surface area contributed by atoms with Crippen molar-refractivity contribution in [2.24, 2.45) is 0 Å². The molecule has 0 fully saturated rings. The molecule has 3 heteroatoms. The van der Waals surface area contributed by atoms with Crippen LogP contribution in [0.5, 0.6) is 0 Å². The first-order valence-corrected chi connectivity index (χ1v) is 6.27. The van der Waals surface area contributed by atoms with Crippen molar-refractivity contribution in [3.8, 4) is 11.3 Å². The smallest absolute Gasteiger partial charge is 0.182 e. The van der Waals surface area contributed by atoms with E-state index in [1.54, 1.807) is 11.3 Å². The molecule has 0 radical (unpaired) electrons. The van der Waals surface area contributed by atoms with E-state index in [1.165, 1.54) is 21.7 Å². The Labute approximate surface area is 99.7 Å². The maximum Gasteiger partial charge on any atom is 0.182 e. The summed E-state index contributed by atoms with van der Waals surface area (Å²) in [5.41, 5.74) is 3.67. The maximum atomic E-state index is 7.91. The van der Waals surface area contributed by atoms with Gasteiger partial charge in [-0.15, -0.1) is 11.3 Å². The highest BCUT2D eigenvalue weighted by atomic mass is 32.1. The van der Waals surface area contributed by atoms with Crippen molar-refractivity contribution in [1.82, 2.24) is 4.57 Å². The van der Waals surface area contributed by atoms with Crippen molar-refractivity contribution in [2.45, 2.75) is 27.3 Å². The van der Waals surface area contributed by atoms with E-state index in [-0.39, 0.29) is 0 Å². The summed E-state index contributed by atoms with van der Waals surface area (Å²) in [6, 6.07) is 8.51. The van der Waals surface area contributed by atoms with Crippen LogP contribution in [0.4, 0.5) is 0 Å². The second-order valence-electron chi connectivity index (χ2n) is 3.92. The largest absolute Gasteiger partial charge is 0.317 e. The fourth-order valence-electron chi connectivity index (χ4n) is 1.91. The van der Waals surface area contributed by atoms with Gasteiger partial charge in [-0.1, -0.05) is 29.8 Å². The fraction of sp³-hybridized carbons (Fsp3) is 0.308. The van der Waals surface area contributed by atoms with Gasteiger partial charge in [0.1, 0.15) is 0 Å². The molecule has 2 rings (SSSR count). The lowest BCUT2D eigenvalue weighted by Gasteiger charge is -2.07. The predicted molar refractivity (Wildman–Crippen MR) is 68.7 cm³/mol. The Morgan fingerprint density at radius 1 is 1.19 bits per heavy atom. The number of hydrogen-bond donors (Lipinski definition) is 1. The molecule has 0 aliphatic heterocycles. The summed E-state index contributed by atoms with van der Waals surface area (Å²) < 4.78 is 2.06. The summed E-state index contributed by atoms with van der Waals surface area (Å²) in [7, 11) is 0. The SMILES string of the molecule is CCn1c(-c2ccc(C)cc2)c(C)sc1=N. The van der Waals surface area contributed by atoms with Crippen molar-refractivity contribution in [3.63, 3.8) is 0 Å². The molecule has 0 bridgehead atoms. The molecule has 84 valence electrons. The van der Waals surface area contributed by atoms with Gasteiger partial charge in [-0.2, -0.15) is 0 Å². The minimum Gasteiger partial charge on any atom is -0.317 e. The number of aromatic nitrogens is 1. The summed E-state index contributed by atoms with van der Waals surface area (Å²) in [6.45, 7) is 7.12. The van der Waals surface area contributed by atoms with Crippen LogP contribution in [0.25, 0.3) is 11.3 Å². The minimum absolute atomic E-state index is 0.635. The number of rotatable bonds is 2. The first kappa shape index (κ1) is 11.1. The van der Waals surface area contributed by atoms with Gasteiger partial charge in [0, 0.05) is 11.4 Å². The molecule has 0 spiro atoms. The lowest BCUT2D eigenvalue weighted by atomic mass is 10.1. The normalized spacial score (nSPS) is 10.7. The zero-order valence-electron chi connectivity index (χ0n) is 9.87. The van der Waals surface area contributed by atoms with Gasteiger partial charge in [-0.25, -0.2) is 0 Å². The van der Waals surface area contributed by atoms with Crippen LogP contribution < -0.4 is 4.80 Å². The Balaban J connectivity index is 2.63. The third kappa shape index (κ3) is 1.83. The van der Waals surface area contributed by atoms with E-state index in [0.29, 0.717) is 4.80 Å². The van der Waals surface area contributed by atoms with E-state index < -0.39 is 0 Å². The van der Waals surface area contributed by atoms with Crippen molar-refractivity contribution in [1.29, 1.82) is 5.41 Å². The molecule has 1 heterocycles. The van der Waals surface area contributed by atoms with Gasteiger partial charge in [-0.05, 0) is 26.3 Å². The van der Waals surface area contributed by atoms with E-state index in [2.05, 4.69) is 49.6 Å². The molecule has 0 aliphatic carbocycles. The van der Waals surface area contributed by atoms with Crippen LogP contribution in [0.3, 0.4) is 0 Å². The topological polar surface area (TPSA) is 28.8 Å². The van der Waals surface area contributed by atoms with Gasteiger partial charge >= 0.3 is 0 Å². The number of aryl methyl sites for hydroxylation is 2. The molecule has 1 N–H and O–H groups in total. The third-order valence-corrected chi connectivity index (χ3v) is 3.65. The molecule has 1 aromatic carbocycles. The molecule has 0 aliphatic rings. The van der Waals surface area contributed by atoms with Crippen LogP contribution >= 0.6 is 11.3 Å². The van der Waals surface area contributed by atoms with Crippen LogP contribution in [0, 0.1) is 19.3 Å². The van der Waals surface area contributed by atoms with Crippen molar-refractivity contribution in [3.05, 3.63) is 39.5 Å². The highest BCUT2D eigenvalue weighted by Crippen LogP contribution is 2.25. The monoisotopic (exact) mass is 232 g/mol. The minimum atomic E-state index is 0.635. The van der Waals surface area contributed by atoms with E-state index in [1.807, 2.05) is 0 Å². The molecule has 0 atom stereocenters. The highest BCUT2D eigenvalue weighted by molar-refractivity contribution is 7.09. The zero-order chi connectivity index (χ0) is 11.7. The standard InChI is InChI=1S/C13H16N2S/c1-4-15-12(10(3)16-13(15)14)11-7-5-9(2)6-8-11/h5-8,14H,4H2,1-3H3. The number of hydrogen-bond acceptors (Lipinski definition) is 2. The Bertz CT molecular complexity index is 546. The lowest BCUT2D eigenvalue weighted by Crippen LogP contribution is -2.12. The predicted octanol–water partition coefficient (Wildman–Crippen LogP) is 3.33. The van der Waals surface area contributed by atoms with E-state index in [9.17, 15) is 0 Å². The van der Waals surface area contributed by atoms with Gasteiger partial charge in [-0.3, -0.25) is 5.41 Å². The van der Waals surface area contributed by atoms with Crippen molar-refractivity contribution >= 4 is 11.3 Å². The Hall–Kier alpha value is -1.35. The maximum absolute atomic E-state index is 7.91. The molecule has 0 unspecified atom stereocenters. The Morgan fingerprint density at radius 2 is 1.81 bits per heavy atom. The number of nitrogens with zero attached hydrogens (tertiary/aromatic N) is 1. The first-order valence-electron chi connectivity index (χ1n) is 5.45. The Kier molecular flexibility index (Phi) is 2.97. The van der Waals surface area contributed by atoms with Crippen molar-refractivity contribution in [2.75, 3.05) is 0 Å². The summed E-state index contributed by atoms with van der Waals surface area (Å²) in [5, 5.41) is 7.91. The summed E-state index contributed by atoms with van der Waals surface area (Å²) in [5.74, 6) is 0. The van der Waals surface area contributed by atoms with Crippen LogP contribution in [0.1, 0.15) is 17.4 Å². The van der Waals surface area contributed by atoms with Gasteiger partial charge < -0.3 is 4.57 Å². The molecule has 2 aromatic rings. The highest BCUT2D eigenvalue weighted by Gasteiger charge is 2.10. The molecule has 0 saturated heterocycles. The zero-order valence-corrected chi connectivity index (χ0v) is 10.7. The molecular formula is C13H16N2S. The third-order valence-electron chi connectivity index (χ3n) is 2.74. The van der Waals surface area contributed by atoms with Crippen LogP contribution in [0.15, 0.2) is 24.3 Å². The average Bonchev–Trinajstić information content (AvgIpc) is 2.54. The second kappa shape index (κ2) is 4.26. The molecule has 0 saturated carbocycles. The molecular weight excluding hydrogens is 216 g/mol. The quantitative estimate of drug-likeness (QED) is 0.823. The van der Waals surface area contributed by atoms with E-state index in [0.717, 1.165) is 6.54 Å². The first-order chi connectivity index (χ1) is 7.63. The van der Waals surface area contributed by atoms with Crippen LogP contribution in [0.2, 0.25) is 0 Å². The summed E-state index contributed by atoms with van der Waals surface area (Å²) >= 11 is 1.55. The number of nitrogens with one attached hydrogen (secondary N) is 1. The van der Waals surface area contributed by atoms with Gasteiger partial charge in [0.2, 0.25) is 0 Å². The summed E-state index contributed by atoms with van der Waals surface area (Å²) in [4.78, 5) is 1.85. The Morgan fingerprint density at radius 3 is 2.38 bits per heavy atom. The van der Waals surface area contributed by atoms with E-state index in [4.69, 9.17) is 5.41 Å². The average molecular weight is 232 g/mol. The molecule has 16 heavy (non-hydrogen) atoms. The molecule has 1 aromatic heterocycles. The van der Waals surface area contributed by atoms with E-state index >= 15 is 0 Å². The fourth-order valence-corrected chi connectivity index (χ4v) is 2.86. The number of benzene rings is 1. The van der Waals surface area contributed by atoms with Gasteiger partial charge in [0.15, 0.2) is 4.80 Å². The van der Waals surface area contributed by atoms with Crippen LogP contribution in [-0.2, 0) is 6.54 Å². The van der Waals surface area contributed by atoms with Gasteiger partial charge in [0.25, 0.3) is 0 Å².